The van der Waals surface area contributed by atoms with Gasteiger partial charge in [-0.05, 0) is 25.0 Å². The maximum atomic E-state index is 5.20. The molecule has 1 saturated carbocycles. The molecule has 0 saturated heterocycles. The number of rotatable bonds is 3. The van der Waals surface area contributed by atoms with E-state index in [0.29, 0.717) is 0 Å². The lowest BCUT2D eigenvalue weighted by Crippen LogP contribution is -2.25. The van der Waals surface area contributed by atoms with Gasteiger partial charge in [0.15, 0.2) is 0 Å². The molecule has 0 amide bonds. The van der Waals surface area contributed by atoms with E-state index in [9.17, 15) is 0 Å². The van der Waals surface area contributed by atoms with E-state index < -0.39 is 0 Å². The standard InChI is InChI=1S/C9H18OS/c1-10-7-8-5-3-4-6-9(8)11-2/h8-9H,3-7H2,1-2H3. The van der Waals surface area contributed by atoms with Crippen LogP contribution in [-0.4, -0.2) is 25.2 Å². The van der Waals surface area contributed by atoms with Gasteiger partial charge >= 0.3 is 0 Å². The third-order valence-electron chi connectivity index (χ3n) is 2.52. The van der Waals surface area contributed by atoms with Crippen LogP contribution in [0.5, 0.6) is 0 Å². The van der Waals surface area contributed by atoms with E-state index in [2.05, 4.69) is 6.26 Å². The Hall–Kier alpha value is 0.310. The molecule has 0 aromatic heterocycles. The van der Waals surface area contributed by atoms with Crippen molar-refractivity contribution in [1.82, 2.24) is 0 Å². The summed E-state index contributed by atoms with van der Waals surface area (Å²) in [5.74, 6) is 0.823. The lowest BCUT2D eigenvalue weighted by atomic mass is 9.89. The van der Waals surface area contributed by atoms with Crippen LogP contribution in [0.4, 0.5) is 0 Å². The number of hydrogen-bond acceptors (Lipinski definition) is 2. The molecule has 11 heavy (non-hydrogen) atoms. The average Bonchev–Trinajstić information content (AvgIpc) is 2.06. The van der Waals surface area contributed by atoms with Crippen LogP contribution < -0.4 is 0 Å². The van der Waals surface area contributed by atoms with Gasteiger partial charge in [0.25, 0.3) is 0 Å². The fourth-order valence-corrected chi connectivity index (χ4v) is 2.89. The Labute approximate surface area is 73.9 Å². The molecule has 0 N–H and O–H groups in total. The molecule has 1 nitrogen and oxygen atoms in total. The predicted octanol–water partition coefficient (Wildman–Crippen LogP) is 2.55. The molecule has 1 aliphatic carbocycles. The summed E-state index contributed by atoms with van der Waals surface area (Å²) >= 11 is 2.01. The van der Waals surface area contributed by atoms with Crippen LogP contribution in [0.15, 0.2) is 0 Å². The van der Waals surface area contributed by atoms with Gasteiger partial charge in [0.2, 0.25) is 0 Å². The zero-order valence-corrected chi connectivity index (χ0v) is 8.32. The highest BCUT2D eigenvalue weighted by molar-refractivity contribution is 7.99. The largest absolute Gasteiger partial charge is 0.384 e. The first-order valence-corrected chi connectivity index (χ1v) is 5.69. The molecular weight excluding hydrogens is 156 g/mol. The van der Waals surface area contributed by atoms with Crippen LogP contribution in [0.2, 0.25) is 0 Å². The van der Waals surface area contributed by atoms with Crippen LogP contribution >= 0.6 is 11.8 Å². The van der Waals surface area contributed by atoms with Crippen molar-refractivity contribution in [3.8, 4) is 0 Å². The second-order valence-corrected chi connectivity index (χ2v) is 4.35. The predicted molar refractivity (Wildman–Crippen MR) is 51.1 cm³/mol. The number of ether oxygens (including phenoxy) is 1. The molecule has 2 heteroatoms. The van der Waals surface area contributed by atoms with Gasteiger partial charge < -0.3 is 4.74 Å². The topological polar surface area (TPSA) is 9.23 Å². The monoisotopic (exact) mass is 174 g/mol. The van der Waals surface area contributed by atoms with Gasteiger partial charge in [0.05, 0.1) is 6.61 Å². The van der Waals surface area contributed by atoms with Crippen molar-refractivity contribution in [2.24, 2.45) is 5.92 Å². The Balaban J connectivity index is 2.31. The molecule has 2 unspecified atom stereocenters. The molecule has 0 aromatic rings. The highest BCUT2D eigenvalue weighted by atomic mass is 32.2. The minimum absolute atomic E-state index is 0.823. The molecule has 0 aromatic carbocycles. The van der Waals surface area contributed by atoms with Gasteiger partial charge in [0, 0.05) is 12.4 Å². The third-order valence-corrected chi connectivity index (χ3v) is 3.75. The summed E-state index contributed by atoms with van der Waals surface area (Å²) in [4.78, 5) is 0. The van der Waals surface area contributed by atoms with Crippen molar-refractivity contribution in [3.63, 3.8) is 0 Å². The molecule has 66 valence electrons. The smallest absolute Gasteiger partial charge is 0.0501 e. The Kier molecular flexibility index (Phi) is 4.31. The molecule has 0 spiro atoms. The SMILES string of the molecule is COCC1CCCCC1SC. The lowest BCUT2D eigenvalue weighted by molar-refractivity contribution is 0.135. The fourth-order valence-electron chi connectivity index (χ4n) is 1.89. The van der Waals surface area contributed by atoms with Gasteiger partial charge in [-0.2, -0.15) is 11.8 Å². The Bertz CT molecular complexity index is 104. The maximum Gasteiger partial charge on any atom is 0.0501 e. The van der Waals surface area contributed by atoms with Crippen molar-refractivity contribution in [3.05, 3.63) is 0 Å². The minimum atomic E-state index is 0.823. The lowest BCUT2D eigenvalue weighted by Gasteiger charge is -2.29. The van der Waals surface area contributed by atoms with E-state index in [1.165, 1.54) is 25.7 Å². The zero-order valence-electron chi connectivity index (χ0n) is 7.51. The summed E-state index contributed by atoms with van der Waals surface area (Å²) in [6.45, 7) is 0.964. The van der Waals surface area contributed by atoms with Gasteiger partial charge in [-0.3, -0.25) is 0 Å². The molecule has 0 bridgehead atoms. The summed E-state index contributed by atoms with van der Waals surface area (Å²) in [5.41, 5.74) is 0. The first-order valence-electron chi connectivity index (χ1n) is 4.40. The van der Waals surface area contributed by atoms with Crippen molar-refractivity contribution in [2.75, 3.05) is 20.0 Å². The van der Waals surface area contributed by atoms with Gasteiger partial charge in [-0.25, -0.2) is 0 Å². The minimum Gasteiger partial charge on any atom is -0.384 e. The highest BCUT2D eigenvalue weighted by Gasteiger charge is 2.23. The van der Waals surface area contributed by atoms with Gasteiger partial charge in [0.1, 0.15) is 0 Å². The van der Waals surface area contributed by atoms with Crippen molar-refractivity contribution < 1.29 is 4.74 Å². The Morgan fingerprint density at radius 1 is 1.36 bits per heavy atom. The fraction of sp³-hybridized carbons (Fsp3) is 1.00. The molecule has 1 rings (SSSR count). The zero-order chi connectivity index (χ0) is 8.10. The Morgan fingerprint density at radius 2 is 2.09 bits per heavy atom. The quantitative estimate of drug-likeness (QED) is 0.650. The summed E-state index contributed by atoms with van der Waals surface area (Å²) < 4.78 is 5.20. The van der Waals surface area contributed by atoms with Crippen molar-refractivity contribution in [2.45, 2.75) is 30.9 Å². The van der Waals surface area contributed by atoms with Gasteiger partial charge in [-0.1, -0.05) is 12.8 Å². The van der Waals surface area contributed by atoms with Crippen LogP contribution in [0.3, 0.4) is 0 Å². The summed E-state index contributed by atoms with van der Waals surface area (Å²) in [5, 5.41) is 0.865. The molecule has 1 fully saturated rings. The second kappa shape index (κ2) is 5.04. The van der Waals surface area contributed by atoms with E-state index in [0.717, 1.165) is 17.8 Å². The summed E-state index contributed by atoms with van der Waals surface area (Å²) in [6, 6.07) is 0. The first-order chi connectivity index (χ1) is 5.38. The van der Waals surface area contributed by atoms with Gasteiger partial charge in [-0.15, -0.1) is 0 Å². The number of thioether (sulfide) groups is 1. The van der Waals surface area contributed by atoms with Crippen molar-refractivity contribution >= 4 is 11.8 Å². The van der Waals surface area contributed by atoms with Crippen LogP contribution in [-0.2, 0) is 4.74 Å². The van der Waals surface area contributed by atoms with E-state index in [1.54, 1.807) is 0 Å². The van der Waals surface area contributed by atoms with E-state index in [1.807, 2.05) is 18.9 Å². The van der Waals surface area contributed by atoms with E-state index in [-0.39, 0.29) is 0 Å². The van der Waals surface area contributed by atoms with Crippen LogP contribution in [0.1, 0.15) is 25.7 Å². The van der Waals surface area contributed by atoms with E-state index >= 15 is 0 Å². The summed E-state index contributed by atoms with van der Waals surface area (Å²) in [7, 11) is 1.81. The van der Waals surface area contributed by atoms with Crippen LogP contribution in [0.25, 0.3) is 0 Å². The second-order valence-electron chi connectivity index (χ2n) is 3.27. The molecule has 0 heterocycles. The maximum absolute atomic E-state index is 5.20. The normalized spacial score (nSPS) is 32.2. The molecule has 0 radical (unpaired) electrons. The number of methoxy groups -OCH3 is 1. The molecular formula is C9H18OS. The molecule has 0 aliphatic heterocycles. The molecule has 2 atom stereocenters. The van der Waals surface area contributed by atoms with Crippen molar-refractivity contribution in [1.29, 1.82) is 0 Å². The van der Waals surface area contributed by atoms with Crippen LogP contribution in [0, 0.1) is 5.92 Å². The first kappa shape index (κ1) is 9.40. The molecule has 1 aliphatic rings. The Morgan fingerprint density at radius 3 is 2.73 bits per heavy atom. The third kappa shape index (κ3) is 2.68. The summed E-state index contributed by atoms with van der Waals surface area (Å²) in [6.07, 6.45) is 7.82. The average molecular weight is 174 g/mol. The number of hydrogen-bond donors (Lipinski definition) is 0. The van der Waals surface area contributed by atoms with E-state index in [4.69, 9.17) is 4.74 Å². The highest BCUT2D eigenvalue weighted by Crippen LogP contribution is 2.31.